The van der Waals surface area contributed by atoms with Gasteiger partial charge in [-0.05, 0) is 54.5 Å². The Labute approximate surface area is 110 Å². The molecule has 1 fully saturated rings. The van der Waals surface area contributed by atoms with Crippen LogP contribution in [0.5, 0.6) is 0 Å². The van der Waals surface area contributed by atoms with Gasteiger partial charge in [0.25, 0.3) is 0 Å². The number of carbonyl (C=O) groups is 1. The minimum Gasteiger partial charge on any atom is -0.350 e. The highest BCUT2D eigenvalue weighted by Gasteiger charge is 2.24. The van der Waals surface area contributed by atoms with Crippen molar-refractivity contribution >= 4 is 23.1 Å². The zero-order chi connectivity index (χ0) is 12.7. The van der Waals surface area contributed by atoms with Gasteiger partial charge in [-0.25, -0.2) is 4.39 Å². The quantitative estimate of drug-likeness (QED) is 0.818. The number of benzene rings is 1. The SMILES string of the molecule is O=C(/C=C1/CCc2c(Cl)cc(F)cc21)NC1CC1. The van der Waals surface area contributed by atoms with Crippen LogP contribution in [0.25, 0.3) is 5.57 Å². The van der Waals surface area contributed by atoms with Gasteiger partial charge in [0.1, 0.15) is 5.82 Å². The molecule has 2 nitrogen and oxygen atoms in total. The monoisotopic (exact) mass is 265 g/mol. The summed E-state index contributed by atoms with van der Waals surface area (Å²) in [4.78, 5) is 11.7. The molecule has 0 heterocycles. The summed E-state index contributed by atoms with van der Waals surface area (Å²) in [6.45, 7) is 0. The second-order valence-electron chi connectivity index (χ2n) is 4.87. The largest absolute Gasteiger partial charge is 0.350 e. The lowest BCUT2D eigenvalue weighted by Crippen LogP contribution is -2.23. The molecule has 3 rings (SSSR count). The molecule has 0 spiro atoms. The van der Waals surface area contributed by atoms with Gasteiger partial charge in [0, 0.05) is 17.1 Å². The fourth-order valence-electron chi connectivity index (χ4n) is 2.32. The minimum absolute atomic E-state index is 0.0827. The van der Waals surface area contributed by atoms with Crippen LogP contribution in [0.4, 0.5) is 4.39 Å². The molecule has 0 saturated heterocycles. The van der Waals surface area contributed by atoms with E-state index in [2.05, 4.69) is 5.32 Å². The van der Waals surface area contributed by atoms with Crippen LogP contribution in [-0.2, 0) is 11.2 Å². The topological polar surface area (TPSA) is 29.1 Å². The average Bonchev–Trinajstić information content (AvgIpc) is 3.01. The van der Waals surface area contributed by atoms with Crippen LogP contribution in [0.15, 0.2) is 18.2 Å². The summed E-state index contributed by atoms with van der Waals surface area (Å²) in [6, 6.07) is 3.13. The Morgan fingerprint density at radius 3 is 2.89 bits per heavy atom. The number of hydrogen-bond donors (Lipinski definition) is 1. The Balaban J connectivity index is 1.88. The van der Waals surface area contributed by atoms with Crippen molar-refractivity contribution in [2.45, 2.75) is 31.7 Å². The Morgan fingerprint density at radius 2 is 2.17 bits per heavy atom. The standard InChI is InChI=1S/C14H13ClFNO/c15-13-7-9(16)6-12-8(1-4-11(12)13)5-14(18)17-10-2-3-10/h5-7,10H,1-4H2,(H,17,18)/b8-5-. The van der Waals surface area contributed by atoms with E-state index in [9.17, 15) is 9.18 Å². The molecule has 1 amide bonds. The van der Waals surface area contributed by atoms with E-state index in [1.165, 1.54) is 12.1 Å². The normalized spacial score (nSPS) is 20.0. The number of nitrogens with one attached hydrogen (secondary N) is 1. The number of carbonyl (C=O) groups excluding carboxylic acids is 1. The molecular weight excluding hydrogens is 253 g/mol. The summed E-state index contributed by atoms with van der Waals surface area (Å²) in [5.74, 6) is -0.435. The smallest absolute Gasteiger partial charge is 0.244 e. The third kappa shape index (κ3) is 2.27. The lowest BCUT2D eigenvalue weighted by atomic mass is 10.1. The molecule has 18 heavy (non-hydrogen) atoms. The highest BCUT2D eigenvalue weighted by molar-refractivity contribution is 6.31. The molecule has 0 radical (unpaired) electrons. The minimum atomic E-state index is -0.353. The first-order valence-corrected chi connectivity index (χ1v) is 6.50. The molecule has 4 heteroatoms. The fourth-order valence-corrected chi connectivity index (χ4v) is 2.62. The van der Waals surface area contributed by atoms with Gasteiger partial charge >= 0.3 is 0 Å². The van der Waals surface area contributed by atoms with E-state index in [1.54, 1.807) is 6.08 Å². The number of amides is 1. The van der Waals surface area contributed by atoms with E-state index in [1.807, 2.05) is 0 Å². The second-order valence-corrected chi connectivity index (χ2v) is 5.27. The Kier molecular flexibility index (Phi) is 2.86. The summed E-state index contributed by atoms with van der Waals surface area (Å²) >= 11 is 6.00. The maximum absolute atomic E-state index is 13.3. The highest BCUT2D eigenvalue weighted by Crippen LogP contribution is 2.37. The van der Waals surface area contributed by atoms with E-state index < -0.39 is 0 Å². The molecule has 0 unspecified atom stereocenters. The first-order valence-electron chi connectivity index (χ1n) is 6.13. The predicted molar refractivity (Wildman–Crippen MR) is 68.9 cm³/mol. The van der Waals surface area contributed by atoms with Gasteiger partial charge in [-0.3, -0.25) is 4.79 Å². The molecule has 0 aromatic heterocycles. The number of rotatable bonds is 2. The Morgan fingerprint density at radius 1 is 1.39 bits per heavy atom. The zero-order valence-electron chi connectivity index (χ0n) is 9.80. The first-order chi connectivity index (χ1) is 8.63. The summed E-state index contributed by atoms with van der Waals surface area (Å²) in [7, 11) is 0. The van der Waals surface area contributed by atoms with Crippen LogP contribution in [0.1, 0.15) is 30.4 Å². The number of fused-ring (bicyclic) bond motifs is 1. The van der Waals surface area contributed by atoms with Crippen molar-refractivity contribution in [2.75, 3.05) is 0 Å². The van der Waals surface area contributed by atoms with E-state index in [0.717, 1.165) is 42.4 Å². The van der Waals surface area contributed by atoms with Gasteiger partial charge < -0.3 is 5.32 Å². The summed E-state index contributed by atoms with van der Waals surface area (Å²) < 4.78 is 13.3. The fraction of sp³-hybridized carbons (Fsp3) is 0.357. The molecule has 0 aliphatic heterocycles. The first kappa shape index (κ1) is 11.7. The van der Waals surface area contributed by atoms with Gasteiger partial charge in [0.15, 0.2) is 0 Å². The molecule has 2 aliphatic carbocycles. The van der Waals surface area contributed by atoms with Gasteiger partial charge in [-0.1, -0.05) is 11.6 Å². The Bertz CT molecular complexity index is 549. The van der Waals surface area contributed by atoms with E-state index >= 15 is 0 Å². The van der Waals surface area contributed by atoms with Crippen molar-refractivity contribution < 1.29 is 9.18 Å². The van der Waals surface area contributed by atoms with Crippen molar-refractivity contribution in [3.8, 4) is 0 Å². The second kappa shape index (κ2) is 4.39. The Hall–Kier alpha value is -1.35. The van der Waals surface area contributed by atoms with E-state index in [0.29, 0.717) is 11.1 Å². The van der Waals surface area contributed by atoms with Gasteiger partial charge in [-0.15, -0.1) is 0 Å². The van der Waals surface area contributed by atoms with E-state index in [-0.39, 0.29) is 11.7 Å². The van der Waals surface area contributed by atoms with E-state index in [4.69, 9.17) is 11.6 Å². The maximum atomic E-state index is 13.3. The number of halogens is 2. The predicted octanol–water partition coefficient (Wildman–Crippen LogP) is 3.09. The lowest BCUT2D eigenvalue weighted by Gasteiger charge is -2.04. The molecule has 1 aromatic carbocycles. The van der Waals surface area contributed by atoms with Crippen LogP contribution < -0.4 is 5.32 Å². The van der Waals surface area contributed by atoms with Crippen LogP contribution in [0.3, 0.4) is 0 Å². The van der Waals surface area contributed by atoms with Crippen molar-refractivity contribution in [3.63, 3.8) is 0 Å². The van der Waals surface area contributed by atoms with Crippen LogP contribution in [0, 0.1) is 5.82 Å². The van der Waals surface area contributed by atoms with Crippen LogP contribution in [-0.4, -0.2) is 11.9 Å². The maximum Gasteiger partial charge on any atom is 0.244 e. The lowest BCUT2D eigenvalue weighted by molar-refractivity contribution is -0.116. The van der Waals surface area contributed by atoms with Crippen molar-refractivity contribution in [1.82, 2.24) is 5.32 Å². The average molecular weight is 266 g/mol. The third-order valence-electron chi connectivity index (χ3n) is 3.38. The number of hydrogen-bond acceptors (Lipinski definition) is 1. The zero-order valence-corrected chi connectivity index (χ0v) is 10.6. The van der Waals surface area contributed by atoms with Crippen molar-refractivity contribution in [3.05, 3.63) is 40.2 Å². The molecule has 1 aromatic rings. The van der Waals surface area contributed by atoms with Crippen LogP contribution in [0.2, 0.25) is 5.02 Å². The molecular formula is C14H13ClFNO. The van der Waals surface area contributed by atoms with Gasteiger partial charge in [0.05, 0.1) is 0 Å². The third-order valence-corrected chi connectivity index (χ3v) is 3.72. The molecule has 1 N–H and O–H groups in total. The number of allylic oxidation sites excluding steroid dienone is 1. The van der Waals surface area contributed by atoms with Crippen molar-refractivity contribution in [2.24, 2.45) is 0 Å². The van der Waals surface area contributed by atoms with Crippen molar-refractivity contribution in [1.29, 1.82) is 0 Å². The summed E-state index contributed by atoms with van der Waals surface area (Å²) in [5, 5.41) is 3.35. The van der Waals surface area contributed by atoms with Gasteiger partial charge in [0.2, 0.25) is 5.91 Å². The highest BCUT2D eigenvalue weighted by atomic mass is 35.5. The molecule has 1 saturated carbocycles. The van der Waals surface area contributed by atoms with Gasteiger partial charge in [-0.2, -0.15) is 0 Å². The summed E-state index contributed by atoms with van der Waals surface area (Å²) in [5.41, 5.74) is 2.61. The molecule has 94 valence electrons. The molecule has 0 atom stereocenters. The summed E-state index contributed by atoms with van der Waals surface area (Å²) in [6.07, 6.45) is 5.23. The van der Waals surface area contributed by atoms with Crippen LogP contribution >= 0.6 is 11.6 Å². The molecule has 0 bridgehead atoms. The molecule has 2 aliphatic rings.